The maximum absolute atomic E-state index is 11.1. The van der Waals surface area contributed by atoms with E-state index >= 15 is 0 Å². The zero-order chi connectivity index (χ0) is 16.4. The molecule has 1 atom stereocenters. The van der Waals surface area contributed by atoms with Crippen LogP contribution in [0.15, 0.2) is 36.9 Å². The molecule has 0 radical (unpaired) electrons. The highest BCUT2D eigenvalue weighted by Gasteiger charge is 2.14. The van der Waals surface area contributed by atoms with Crippen LogP contribution in [0.1, 0.15) is 32.3 Å². The van der Waals surface area contributed by atoms with Gasteiger partial charge in [0, 0.05) is 15.7 Å². The summed E-state index contributed by atoms with van der Waals surface area (Å²) in [5, 5.41) is 3.48. The van der Waals surface area contributed by atoms with Gasteiger partial charge in [0.15, 0.2) is 0 Å². The van der Waals surface area contributed by atoms with Crippen molar-refractivity contribution >= 4 is 28.6 Å². The Bertz CT molecular complexity index is 457. The lowest BCUT2D eigenvalue weighted by Crippen LogP contribution is -2.39. The monoisotopic (exact) mass is 415 g/mol. The molecule has 0 aliphatic heterocycles. The molecule has 1 rings (SSSR count). The molecule has 1 N–H and O–H groups in total. The van der Waals surface area contributed by atoms with Crippen molar-refractivity contribution in [1.29, 1.82) is 0 Å². The summed E-state index contributed by atoms with van der Waals surface area (Å²) in [4.78, 5) is 11.1. The number of carbonyl (C=O) groups is 1. The average molecular weight is 415 g/mol. The maximum atomic E-state index is 11.1. The summed E-state index contributed by atoms with van der Waals surface area (Å²) in [6.45, 7) is 9.01. The fourth-order valence-electron chi connectivity index (χ4n) is 2.11. The molecular formula is C18H26INO2. The van der Waals surface area contributed by atoms with Gasteiger partial charge in [0.05, 0.1) is 0 Å². The third kappa shape index (κ3) is 7.94. The summed E-state index contributed by atoms with van der Waals surface area (Å²) in [5.41, 5.74) is 1.39. The number of carbonyl (C=O) groups excluding carboxylic acids is 1. The zero-order valence-electron chi connectivity index (χ0n) is 13.5. The van der Waals surface area contributed by atoms with Crippen LogP contribution in [0, 0.1) is 9.49 Å². The van der Waals surface area contributed by atoms with E-state index in [0.29, 0.717) is 12.5 Å². The van der Waals surface area contributed by atoms with Crippen LogP contribution in [-0.4, -0.2) is 25.2 Å². The van der Waals surface area contributed by atoms with Gasteiger partial charge in [-0.05, 0) is 72.0 Å². The van der Waals surface area contributed by atoms with Crippen LogP contribution >= 0.6 is 22.6 Å². The number of unbranched alkanes of at least 4 members (excludes halogenated alkanes) is 1. The topological polar surface area (TPSA) is 38.3 Å². The molecule has 22 heavy (non-hydrogen) atoms. The van der Waals surface area contributed by atoms with Crippen molar-refractivity contribution in [2.45, 2.75) is 39.2 Å². The van der Waals surface area contributed by atoms with Gasteiger partial charge in [-0.2, -0.15) is 0 Å². The molecule has 0 heterocycles. The van der Waals surface area contributed by atoms with Crippen molar-refractivity contribution in [2.24, 2.45) is 5.92 Å². The van der Waals surface area contributed by atoms with Crippen LogP contribution in [-0.2, 0) is 16.0 Å². The largest absolute Gasteiger partial charge is 0.461 e. The van der Waals surface area contributed by atoms with Crippen molar-refractivity contribution in [3.63, 3.8) is 0 Å². The molecule has 0 amide bonds. The Morgan fingerprint density at radius 1 is 1.32 bits per heavy atom. The van der Waals surface area contributed by atoms with Crippen molar-refractivity contribution in [3.05, 3.63) is 46.1 Å². The lowest BCUT2D eigenvalue weighted by molar-refractivity contribution is -0.138. The molecule has 0 saturated carbocycles. The van der Waals surface area contributed by atoms with Crippen LogP contribution in [0.4, 0.5) is 0 Å². The predicted molar refractivity (Wildman–Crippen MR) is 99.9 cm³/mol. The Kier molecular flexibility index (Phi) is 9.39. The molecule has 1 aromatic carbocycles. The summed E-state index contributed by atoms with van der Waals surface area (Å²) in [6, 6.07) is 8.89. The van der Waals surface area contributed by atoms with Gasteiger partial charge in [-0.3, -0.25) is 0 Å². The van der Waals surface area contributed by atoms with Crippen LogP contribution in [0.3, 0.4) is 0 Å². The molecule has 0 aliphatic carbocycles. The number of halogens is 1. The lowest BCUT2D eigenvalue weighted by Gasteiger charge is -2.22. The predicted octanol–water partition coefficient (Wildman–Crippen LogP) is 3.96. The molecule has 0 bridgehead atoms. The van der Waals surface area contributed by atoms with Crippen molar-refractivity contribution in [2.75, 3.05) is 13.2 Å². The van der Waals surface area contributed by atoms with Crippen molar-refractivity contribution in [1.82, 2.24) is 5.32 Å². The minimum absolute atomic E-state index is 0.196. The Labute approximate surface area is 147 Å². The standard InChI is InChI=1S/C18H26INO2/c1-4-18(21)22-13-17(14(2)3)20-12-6-5-7-15-8-10-16(19)11-9-15/h4,8-11,14,17,20H,1,5-7,12-13H2,2-3H3/t17-/m1/s1. The first kappa shape index (κ1) is 19.2. The Morgan fingerprint density at radius 2 is 2.00 bits per heavy atom. The van der Waals surface area contributed by atoms with E-state index in [4.69, 9.17) is 4.74 Å². The Balaban J connectivity index is 2.21. The number of benzene rings is 1. The number of aryl methyl sites for hydroxylation is 1. The second kappa shape index (κ2) is 10.8. The van der Waals surface area contributed by atoms with Gasteiger partial charge in [-0.25, -0.2) is 4.79 Å². The summed E-state index contributed by atoms with van der Waals surface area (Å²) in [6.07, 6.45) is 4.59. The average Bonchev–Trinajstić information content (AvgIpc) is 2.51. The molecule has 0 unspecified atom stereocenters. The van der Waals surface area contributed by atoms with E-state index in [1.54, 1.807) is 0 Å². The Hall–Kier alpha value is -0.880. The van der Waals surface area contributed by atoms with E-state index in [-0.39, 0.29) is 12.0 Å². The minimum Gasteiger partial charge on any atom is -0.461 e. The highest BCUT2D eigenvalue weighted by Crippen LogP contribution is 2.09. The van der Waals surface area contributed by atoms with Crippen molar-refractivity contribution < 1.29 is 9.53 Å². The fraction of sp³-hybridized carbons (Fsp3) is 0.500. The van der Waals surface area contributed by atoms with Gasteiger partial charge >= 0.3 is 5.97 Å². The first-order valence-electron chi connectivity index (χ1n) is 7.80. The van der Waals surface area contributed by atoms with Gasteiger partial charge in [-0.15, -0.1) is 0 Å². The molecule has 3 nitrogen and oxygen atoms in total. The van der Waals surface area contributed by atoms with E-state index < -0.39 is 0 Å². The van der Waals surface area contributed by atoms with E-state index in [2.05, 4.69) is 72.6 Å². The molecule has 0 aliphatic rings. The number of hydrogen-bond donors (Lipinski definition) is 1. The van der Waals surface area contributed by atoms with E-state index in [1.165, 1.54) is 15.2 Å². The third-order valence-corrected chi connectivity index (χ3v) is 4.31. The van der Waals surface area contributed by atoms with Gasteiger partial charge in [0.2, 0.25) is 0 Å². The fourth-order valence-corrected chi connectivity index (χ4v) is 2.47. The first-order chi connectivity index (χ1) is 10.5. The third-order valence-electron chi connectivity index (χ3n) is 3.59. The SMILES string of the molecule is C=CC(=O)OC[C@@H](NCCCCc1ccc(I)cc1)C(C)C. The molecule has 0 fully saturated rings. The van der Waals surface area contributed by atoms with E-state index in [9.17, 15) is 4.79 Å². The smallest absolute Gasteiger partial charge is 0.330 e. The molecule has 0 saturated heterocycles. The number of rotatable bonds is 10. The zero-order valence-corrected chi connectivity index (χ0v) is 15.6. The molecule has 1 aromatic rings. The van der Waals surface area contributed by atoms with Crippen LogP contribution in [0.2, 0.25) is 0 Å². The highest BCUT2D eigenvalue weighted by molar-refractivity contribution is 14.1. The van der Waals surface area contributed by atoms with E-state index in [1.807, 2.05) is 0 Å². The molecule has 122 valence electrons. The summed E-state index contributed by atoms with van der Waals surface area (Å²) < 4.78 is 6.41. The van der Waals surface area contributed by atoms with Crippen LogP contribution in [0.25, 0.3) is 0 Å². The maximum Gasteiger partial charge on any atom is 0.330 e. The minimum atomic E-state index is -0.355. The summed E-state index contributed by atoms with van der Waals surface area (Å²) in [7, 11) is 0. The highest BCUT2D eigenvalue weighted by atomic mass is 127. The second-order valence-corrected chi connectivity index (χ2v) is 6.97. The lowest BCUT2D eigenvalue weighted by atomic mass is 10.0. The first-order valence-corrected chi connectivity index (χ1v) is 8.88. The number of ether oxygens (including phenoxy) is 1. The summed E-state index contributed by atoms with van der Waals surface area (Å²) >= 11 is 2.32. The van der Waals surface area contributed by atoms with Gasteiger partial charge < -0.3 is 10.1 Å². The normalized spacial score (nSPS) is 12.2. The molecule has 4 heteroatoms. The Morgan fingerprint density at radius 3 is 2.59 bits per heavy atom. The van der Waals surface area contributed by atoms with Crippen LogP contribution in [0.5, 0.6) is 0 Å². The number of nitrogens with one attached hydrogen (secondary N) is 1. The van der Waals surface area contributed by atoms with Gasteiger partial charge in [0.1, 0.15) is 6.61 Å². The number of esters is 1. The van der Waals surface area contributed by atoms with Crippen LogP contribution < -0.4 is 5.32 Å². The van der Waals surface area contributed by atoms with Gasteiger partial charge in [-0.1, -0.05) is 32.6 Å². The van der Waals surface area contributed by atoms with Crippen molar-refractivity contribution in [3.8, 4) is 0 Å². The van der Waals surface area contributed by atoms with E-state index in [0.717, 1.165) is 25.8 Å². The second-order valence-electron chi connectivity index (χ2n) is 5.72. The quantitative estimate of drug-likeness (QED) is 0.272. The number of hydrogen-bond acceptors (Lipinski definition) is 3. The molecule has 0 spiro atoms. The molecule has 0 aromatic heterocycles. The summed E-state index contributed by atoms with van der Waals surface area (Å²) in [5.74, 6) is 0.0694. The van der Waals surface area contributed by atoms with Gasteiger partial charge in [0.25, 0.3) is 0 Å². The molecular weight excluding hydrogens is 389 g/mol.